The van der Waals surface area contributed by atoms with Gasteiger partial charge in [-0.15, -0.1) is 11.3 Å². The number of piperidine rings is 1. The Morgan fingerprint density at radius 2 is 1.92 bits per heavy atom. The van der Waals surface area contributed by atoms with Crippen LogP contribution in [0.25, 0.3) is 11.0 Å². The van der Waals surface area contributed by atoms with Crippen molar-refractivity contribution in [3.05, 3.63) is 46.2 Å². The lowest BCUT2D eigenvalue weighted by Crippen LogP contribution is -2.31. The lowest BCUT2D eigenvalue weighted by atomic mass is 10.0. The average Bonchev–Trinajstić information content (AvgIpc) is 3.57. The van der Waals surface area contributed by atoms with E-state index in [0.717, 1.165) is 37.0 Å². The first kappa shape index (κ1) is 28.1. The molecule has 0 spiro atoms. The molecule has 0 bridgehead atoms. The van der Waals surface area contributed by atoms with Crippen LogP contribution in [0.1, 0.15) is 82.6 Å². The van der Waals surface area contributed by atoms with Gasteiger partial charge in [-0.2, -0.15) is 0 Å². The number of thiophene rings is 1. The van der Waals surface area contributed by atoms with E-state index in [1.807, 2.05) is 0 Å². The van der Waals surface area contributed by atoms with Crippen LogP contribution in [0.5, 0.6) is 0 Å². The second kappa shape index (κ2) is 14.9. The Labute approximate surface area is 229 Å². The van der Waals surface area contributed by atoms with Crippen molar-refractivity contribution < 1.29 is 0 Å². The Bertz CT molecular complexity index is 1040. The Morgan fingerprint density at radius 1 is 1.05 bits per heavy atom. The van der Waals surface area contributed by atoms with Crippen LogP contribution in [0.4, 0.5) is 5.95 Å². The molecule has 1 aliphatic rings. The Morgan fingerprint density at radius 3 is 2.68 bits per heavy atom. The predicted octanol–water partition coefficient (Wildman–Crippen LogP) is 7.62. The van der Waals surface area contributed by atoms with Gasteiger partial charge in [0.2, 0.25) is 5.95 Å². The van der Waals surface area contributed by atoms with Gasteiger partial charge in [-0.1, -0.05) is 52.2 Å². The molecule has 1 fully saturated rings. The quantitative estimate of drug-likeness (QED) is 0.209. The molecule has 0 radical (unpaired) electrons. The second-order valence-corrected chi connectivity index (χ2v) is 12.1. The van der Waals surface area contributed by atoms with Gasteiger partial charge in [0.25, 0.3) is 0 Å². The van der Waals surface area contributed by atoms with Gasteiger partial charge in [0, 0.05) is 18.0 Å². The molecule has 0 aliphatic carbocycles. The van der Waals surface area contributed by atoms with Crippen LogP contribution in [0.15, 0.2) is 35.7 Å². The van der Waals surface area contributed by atoms with Crippen molar-refractivity contribution in [2.24, 2.45) is 5.92 Å². The van der Waals surface area contributed by atoms with Gasteiger partial charge in [-0.25, -0.2) is 4.98 Å². The molecule has 1 N–H and O–H groups in total. The molecule has 3 aromatic rings. The van der Waals surface area contributed by atoms with Gasteiger partial charge in [0.15, 0.2) is 0 Å². The summed E-state index contributed by atoms with van der Waals surface area (Å²) >= 11 is 1.80. The maximum Gasteiger partial charge on any atom is 0.204 e. The molecular formula is C31H49N5S. The number of nitrogens with zero attached hydrogens (tertiary/aromatic N) is 4. The highest BCUT2D eigenvalue weighted by Crippen LogP contribution is 2.24. The summed E-state index contributed by atoms with van der Waals surface area (Å²) in [5.74, 6) is 1.81. The number of likely N-dealkylation sites (tertiary alicyclic amines) is 1. The lowest BCUT2D eigenvalue weighted by Gasteiger charge is -2.26. The molecule has 0 amide bonds. The SMILES string of the molecule is CCCCN(CCC(C)CC)Cc1ccc2nc(NCc3cccs3)n(CCCN3CCCCC3)c2c1. The molecule has 37 heavy (non-hydrogen) atoms. The third kappa shape index (κ3) is 8.56. The minimum Gasteiger partial charge on any atom is -0.351 e. The topological polar surface area (TPSA) is 36.3 Å². The normalized spacial score (nSPS) is 15.6. The molecule has 1 unspecified atom stereocenters. The van der Waals surface area contributed by atoms with Gasteiger partial charge < -0.3 is 14.8 Å². The maximum absolute atomic E-state index is 5.05. The molecule has 0 saturated carbocycles. The number of imidazole rings is 1. The molecule has 6 heteroatoms. The van der Waals surface area contributed by atoms with E-state index in [9.17, 15) is 0 Å². The van der Waals surface area contributed by atoms with Crippen LogP contribution < -0.4 is 5.32 Å². The number of rotatable bonds is 16. The van der Waals surface area contributed by atoms with Crippen molar-refractivity contribution in [3.8, 4) is 0 Å². The van der Waals surface area contributed by atoms with E-state index in [0.29, 0.717) is 0 Å². The van der Waals surface area contributed by atoms with Gasteiger partial charge >= 0.3 is 0 Å². The molecular weight excluding hydrogens is 474 g/mol. The van der Waals surface area contributed by atoms with E-state index in [4.69, 9.17) is 4.98 Å². The zero-order valence-electron chi connectivity index (χ0n) is 23.6. The third-order valence-electron chi connectivity index (χ3n) is 7.99. The summed E-state index contributed by atoms with van der Waals surface area (Å²) in [5, 5.41) is 5.81. The number of aromatic nitrogens is 2. The molecule has 1 atom stereocenters. The highest BCUT2D eigenvalue weighted by molar-refractivity contribution is 7.09. The van der Waals surface area contributed by atoms with Gasteiger partial charge in [0.1, 0.15) is 0 Å². The monoisotopic (exact) mass is 523 g/mol. The van der Waals surface area contributed by atoms with Crippen molar-refractivity contribution >= 4 is 28.3 Å². The number of nitrogens with one attached hydrogen (secondary N) is 1. The summed E-state index contributed by atoms with van der Waals surface area (Å²) < 4.78 is 2.45. The van der Waals surface area contributed by atoms with Crippen molar-refractivity contribution in [1.82, 2.24) is 19.4 Å². The van der Waals surface area contributed by atoms with Crippen molar-refractivity contribution in [2.45, 2.75) is 91.8 Å². The predicted molar refractivity (Wildman–Crippen MR) is 161 cm³/mol. The molecule has 1 aromatic carbocycles. The van der Waals surface area contributed by atoms with Gasteiger partial charge in [-0.3, -0.25) is 4.90 Å². The minimum atomic E-state index is 0.796. The molecule has 1 saturated heterocycles. The van der Waals surface area contributed by atoms with E-state index >= 15 is 0 Å². The smallest absolute Gasteiger partial charge is 0.204 e. The molecule has 2 aromatic heterocycles. The number of anilines is 1. The van der Waals surface area contributed by atoms with Gasteiger partial charge in [0.05, 0.1) is 17.6 Å². The summed E-state index contributed by atoms with van der Waals surface area (Å²) in [4.78, 5) is 11.7. The van der Waals surface area contributed by atoms with Crippen LogP contribution in [0.3, 0.4) is 0 Å². The zero-order valence-corrected chi connectivity index (χ0v) is 24.4. The van der Waals surface area contributed by atoms with E-state index < -0.39 is 0 Å². The molecule has 1 aliphatic heterocycles. The van der Waals surface area contributed by atoms with Crippen LogP contribution in [-0.2, 0) is 19.6 Å². The first-order chi connectivity index (χ1) is 18.2. The number of aryl methyl sites for hydroxylation is 1. The largest absolute Gasteiger partial charge is 0.351 e. The molecule has 4 rings (SSSR count). The summed E-state index contributed by atoms with van der Waals surface area (Å²) in [6.07, 6.45) is 10.4. The Kier molecular flexibility index (Phi) is 11.3. The fraction of sp³-hybridized carbons (Fsp3) is 0.645. The van der Waals surface area contributed by atoms with Crippen molar-refractivity contribution in [2.75, 3.05) is 38.0 Å². The fourth-order valence-corrected chi connectivity index (χ4v) is 6.00. The van der Waals surface area contributed by atoms with E-state index in [1.54, 1.807) is 11.3 Å². The fourth-order valence-electron chi connectivity index (χ4n) is 5.36. The van der Waals surface area contributed by atoms with Crippen molar-refractivity contribution in [1.29, 1.82) is 0 Å². The number of hydrogen-bond donors (Lipinski definition) is 1. The van der Waals surface area contributed by atoms with E-state index in [1.165, 1.54) is 100 Å². The van der Waals surface area contributed by atoms with E-state index in [2.05, 4.69) is 76.2 Å². The standard InChI is InChI=1S/C31H49N5S/c1-4-6-16-35(21-15-26(3)5-2)25-27-13-14-29-30(23-27)36(20-11-19-34-17-8-7-9-18-34)31(33-29)32-24-28-12-10-22-37-28/h10,12-14,22-23,26H,4-9,11,15-21,24-25H2,1-3H3,(H,32,33). The average molecular weight is 524 g/mol. The first-order valence-electron chi connectivity index (χ1n) is 14.9. The van der Waals surface area contributed by atoms with Crippen LogP contribution in [0.2, 0.25) is 0 Å². The molecule has 5 nitrogen and oxygen atoms in total. The summed E-state index contributed by atoms with van der Waals surface area (Å²) in [6, 6.07) is 11.3. The Hall–Kier alpha value is -1.89. The first-order valence-corrected chi connectivity index (χ1v) is 15.7. The summed E-state index contributed by atoms with van der Waals surface area (Å²) in [5.41, 5.74) is 3.80. The Balaban J connectivity index is 1.50. The molecule has 3 heterocycles. The third-order valence-corrected chi connectivity index (χ3v) is 8.86. The van der Waals surface area contributed by atoms with Gasteiger partial charge in [-0.05, 0) is 99.9 Å². The summed E-state index contributed by atoms with van der Waals surface area (Å²) in [6.45, 7) is 16.0. The van der Waals surface area contributed by atoms with Crippen LogP contribution in [0, 0.1) is 5.92 Å². The lowest BCUT2D eigenvalue weighted by molar-refractivity contribution is 0.223. The number of benzene rings is 1. The minimum absolute atomic E-state index is 0.796. The molecule has 204 valence electrons. The second-order valence-electron chi connectivity index (χ2n) is 11.0. The summed E-state index contributed by atoms with van der Waals surface area (Å²) in [7, 11) is 0. The highest BCUT2D eigenvalue weighted by atomic mass is 32.1. The number of unbranched alkanes of at least 4 members (excludes halogenated alkanes) is 1. The maximum atomic E-state index is 5.05. The number of fused-ring (bicyclic) bond motifs is 1. The zero-order chi connectivity index (χ0) is 25.9. The van der Waals surface area contributed by atoms with Crippen LogP contribution >= 0.6 is 11.3 Å². The number of hydrogen-bond acceptors (Lipinski definition) is 5. The highest BCUT2D eigenvalue weighted by Gasteiger charge is 2.15. The van der Waals surface area contributed by atoms with Crippen LogP contribution in [-0.4, -0.2) is 52.1 Å². The van der Waals surface area contributed by atoms with E-state index in [-0.39, 0.29) is 0 Å². The van der Waals surface area contributed by atoms with Crippen molar-refractivity contribution in [3.63, 3.8) is 0 Å².